The highest BCUT2D eigenvalue weighted by Crippen LogP contribution is 2.27. The quantitative estimate of drug-likeness (QED) is 0.767. The fourth-order valence-electron chi connectivity index (χ4n) is 1.91. The van der Waals surface area contributed by atoms with Crippen molar-refractivity contribution in [3.63, 3.8) is 0 Å². The van der Waals surface area contributed by atoms with Crippen LogP contribution in [-0.4, -0.2) is 26.8 Å². The smallest absolute Gasteiger partial charge is 0.174 e. The lowest BCUT2D eigenvalue weighted by atomic mass is 10.3. The number of aromatic nitrogens is 4. The van der Waals surface area contributed by atoms with Crippen molar-refractivity contribution in [1.29, 1.82) is 0 Å². The molecule has 0 amide bonds. The summed E-state index contributed by atoms with van der Waals surface area (Å²) < 4.78 is 0. The van der Waals surface area contributed by atoms with E-state index in [0.29, 0.717) is 12.6 Å². The lowest BCUT2D eigenvalue weighted by Crippen LogP contribution is -2.09. The maximum absolute atomic E-state index is 5.42. The van der Waals surface area contributed by atoms with Gasteiger partial charge in [-0.3, -0.25) is 0 Å². The maximum Gasteiger partial charge on any atom is 0.174 e. The average molecular weight is 195 g/mol. The molecule has 5 heteroatoms. The molecule has 2 N–H and O–H groups in total. The van der Waals surface area contributed by atoms with Crippen LogP contribution >= 0.6 is 0 Å². The van der Waals surface area contributed by atoms with E-state index in [9.17, 15) is 0 Å². The molecule has 1 fully saturated rings. The summed E-state index contributed by atoms with van der Waals surface area (Å²) in [6.07, 6.45) is 6.79. The minimum atomic E-state index is 0.495. The van der Waals surface area contributed by atoms with Crippen molar-refractivity contribution >= 4 is 0 Å². The molecule has 1 aromatic rings. The van der Waals surface area contributed by atoms with E-state index in [4.69, 9.17) is 5.73 Å². The molecule has 14 heavy (non-hydrogen) atoms. The molecule has 78 valence electrons. The lowest BCUT2D eigenvalue weighted by Gasteiger charge is -2.04. The van der Waals surface area contributed by atoms with E-state index in [2.05, 4.69) is 15.4 Å². The first-order valence-corrected chi connectivity index (χ1v) is 5.38. The number of nitrogens with two attached hydrogens (primary N) is 1. The molecular formula is C9H17N5. The molecule has 0 bridgehead atoms. The van der Waals surface area contributed by atoms with E-state index in [1.165, 1.54) is 25.7 Å². The standard InChI is InChI=1S/C9H17N5/c10-7-3-6-9-11-13-14(12-9)8-4-1-2-5-8/h8H,1-7,10H2. The monoisotopic (exact) mass is 195 g/mol. The zero-order valence-corrected chi connectivity index (χ0v) is 8.39. The number of tetrazole rings is 1. The molecule has 0 radical (unpaired) electrons. The topological polar surface area (TPSA) is 69.6 Å². The Morgan fingerprint density at radius 3 is 2.86 bits per heavy atom. The van der Waals surface area contributed by atoms with Crippen LogP contribution in [0.5, 0.6) is 0 Å². The molecule has 5 nitrogen and oxygen atoms in total. The maximum atomic E-state index is 5.42. The van der Waals surface area contributed by atoms with Gasteiger partial charge in [-0.25, -0.2) is 0 Å². The van der Waals surface area contributed by atoms with Crippen LogP contribution in [0.15, 0.2) is 0 Å². The van der Waals surface area contributed by atoms with Gasteiger partial charge in [0, 0.05) is 6.42 Å². The fourth-order valence-corrected chi connectivity index (χ4v) is 1.91. The van der Waals surface area contributed by atoms with Gasteiger partial charge in [0.2, 0.25) is 0 Å². The van der Waals surface area contributed by atoms with Crippen LogP contribution in [0.25, 0.3) is 0 Å². The molecule has 1 aromatic heterocycles. The minimum absolute atomic E-state index is 0.495. The minimum Gasteiger partial charge on any atom is -0.330 e. The second-order valence-electron chi connectivity index (χ2n) is 3.86. The van der Waals surface area contributed by atoms with Gasteiger partial charge in [-0.2, -0.15) is 4.80 Å². The summed E-state index contributed by atoms with van der Waals surface area (Å²) in [6.45, 7) is 0.692. The van der Waals surface area contributed by atoms with Gasteiger partial charge in [0.25, 0.3) is 0 Å². The van der Waals surface area contributed by atoms with E-state index in [0.717, 1.165) is 18.7 Å². The first kappa shape index (κ1) is 9.58. The largest absolute Gasteiger partial charge is 0.330 e. The van der Waals surface area contributed by atoms with Crippen LogP contribution in [-0.2, 0) is 6.42 Å². The molecule has 0 unspecified atom stereocenters. The second kappa shape index (κ2) is 4.50. The molecule has 1 heterocycles. The van der Waals surface area contributed by atoms with Crippen molar-refractivity contribution in [1.82, 2.24) is 20.2 Å². The van der Waals surface area contributed by atoms with Crippen molar-refractivity contribution in [2.45, 2.75) is 44.6 Å². The van der Waals surface area contributed by atoms with Crippen molar-refractivity contribution in [3.05, 3.63) is 5.82 Å². The summed E-state index contributed by atoms with van der Waals surface area (Å²) in [4.78, 5) is 1.79. The van der Waals surface area contributed by atoms with Crippen LogP contribution in [0.4, 0.5) is 0 Å². The van der Waals surface area contributed by atoms with Gasteiger partial charge < -0.3 is 5.73 Å². The van der Waals surface area contributed by atoms with Crippen LogP contribution in [0, 0.1) is 0 Å². The van der Waals surface area contributed by atoms with Gasteiger partial charge in [0.1, 0.15) is 0 Å². The summed E-state index contributed by atoms with van der Waals surface area (Å²) >= 11 is 0. The van der Waals surface area contributed by atoms with E-state index >= 15 is 0 Å². The second-order valence-corrected chi connectivity index (χ2v) is 3.86. The van der Waals surface area contributed by atoms with Gasteiger partial charge in [-0.1, -0.05) is 12.8 Å². The van der Waals surface area contributed by atoms with Crippen molar-refractivity contribution in [2.24, 2.45) is 5.73 Å². The molecule has 0 spiro atoms. The van der Waals surface area contributed by atoms with Gasteiger partial charge in [0.05, 0.1) is 6.04 Å². The number of hydrogen-bond acceptors (Lipinski definition) is 4. The van der Waals surface area contributed by atoms with Gasteiger partial charge in [-0.05, 0) is 31.0 Å². The fraction of sp³-hybridized carbons (Fsp3) is 0.889. The zero-order chi connectivity index (χ0) is 9.80. The Balaban J connectivity index is 1.94. The molecule has 1 aliphatic carbocycles. The Hall–Kier alpha value is -0.970. The van der Waals surface area contributed by atoms with Crippen LogP contribution in [0.1, 0.15) is 44.0 Å². The summed E-state index contributed by atoms with van der Waals surface area (Å²) in [5, 5.41) is 12.5. The third-order valence-corrected chi connectivity index (χ3v) is 2.73. The molecule has 1 aliphatic rings. The Kier molecular flexibility index (Phi) is 3.08. The average Bonchev–Trinajstić information content (AvgIpc) is 2.85. The van der Waals surface area contributed by atoms with Crippen molar-refractivity contribution in [2.75, 3.05) is 6.54 Å². The molecule has 1 saturated carbocycles. The van der Waals surface area contributed by atoms with Gasteiger partial charge >= 0.3 is 0 Å². The summed E-state index contributed by atoms with van der Waals surface area (Å²) in [7, 11) is 0. The molecule has 2 rings (SSSR count). The third kappa shape index (κ3) is 2.09. The van der Waals surface area contributed by atoms with E-state index in [1.54, 1.807) is 4.80 Å². The van der Waals surface area contributed by atoms with Crippen LogP contribution in [0.2, 0.25) is 0 Å². The van der Waals surface area contributed by atoms with Gasteiger partial charge in [-0.15, -0.1) is 10.2 Å². The van der Waals surface area contributed by atoms with E-state index in [1.807, 2.05) is 0 Å². The third-order valence-electron chi connectivity index (χ3n) is 2.73. The lowest BCUT2D eigenvalue weighted by molar-refractivity contribution is 0.403. The Morgan fingerprint density at radius 1 is 1.36 bits per heavy atom. The normalized spacial score (nSPS) is 17.8. The van der Waals surface area contributed by atoms with E-state index < -0.39 is 0 Å². The number of rotatable bonds is 4. The molecule has 0 atom stereocenters. The Labute approximate surface area is 83.7 Å². The summed E-state index contributed by atoms with van der Waals surface area (Å²) in [5.41, 5.74) is 5.42. The first-order valence-electron chi connectivity index (χ1n) is 5.38. The van der Waals surface area contributed by atoms with E-state index in [-0.39, 0.29) is 0 Å². The Morgan fingerprint density at radius 2 is 2.14 bits per heavy atom. The number of aryl methyl sites for hydroxylation is 1. The first-order chi connectivity index (χ1) is 6.90. The Bertz CT molecular complexity index is 276. The summed E-state index contributed by atoms with van der Waals surface area (Å²) in [5.74, 6) is 0.836. The summed E-state index contributed by atoms with van der Waals surface area (Å²) in [6, 6.07) is 0.495. The number of nitrogens with zero attached hydrogens (tertiary/aromatic N) is 4. The van der Waals surface area contributed by atoms with Crippen molar-refractivity contribution in [3.8, 4) is 0 Å². The molecule has 0 aliphatic heterocycles. The molecule has 0 aromatic carbocycles. The zero-order valence-electron chi connectivity index (χ0n) is 8.39. The predicted octanol–water partition coefficient (Wildman–Crippen LogP) is 0.679. The van der Waals surface area contributed by atoms with Gasteiger partial charge in [0.15, 0.2) is 5.82 Å². The van der Waals surface area contributed by atoms with Crippen LogP contribution in [0.3, 0.4) is 0 Å². The number of hydrogen-bond donors (Lipinski definition) is 1. The highest BCUT2D eigenvalue weighted by molar-refractivity contribution is 4.79. The molecular weight excluding hydrogens is 178 g/mol. The highest BCUT2D eigenvalue weighted by atomic mass is 15.6. The van der Waals surface area contributed by atoms with Crippen LogP contribution < -0.4 is 5.73 Å². The molecule has 0 saturated heterocycles. The highest BCUT2D eigenvalue weighted by Gasteiger charge is 2.19. The van der Waals surface area contributed by atoms with Crippen molar-refractivity contribution < 1.29 is 0 Å². The predicted molar refractivity (Wildman–Crippen MR) is 52.7 cm³/mol. The SMILES string of the molecule is NCCCc1nnn(C2CCCC2)n1.